The lowest BCUT2D eigenvalue weighted by Gasteiger charge is -2.20. The first-order valence-electron chi connectivity index (χ1n) is 10.2. The average Bonchev–Trinajstić information content (AvgIpc) is 3.28. The molecule has 1 aromatic heterocycles. The van der Waals surface area contributed by atoms with E-state index in [0.29, 0.717) is 24.3 Å². The number of amides is 2. The third kappa shape index (κ3) is 4.65. The highest BCUT2D eigenvalue weighted by Gasteiger charge is 2.31. The molecule has 3 aromatic rings. The molecule has 1 aliphatic rings. The number of rotatable bonds is 7. The second kappa shape index (κ2) is 9.29. The SMILES string of the molecule is COc1ccc(S(=O)(=O)N2CCc3ccccc32)cc1C(=O)NCC(=O)Nc1cccnc1. The van der Waals surface area contributed by atoms with E-state index in [1.54, 1.807) is 30.5 Å². The smallest absolute Gasteiger partial charge is 0.264 e. The van der Waals surface area contributed by atoms with Crippen LogP contribution in [0.25, 0.3) is 0 Å². The van der Waals surface area contributed by atoms with Crippen molar-refractivity contribution in [3.8, 4) is 5.75 Å². The Bertz CT molecular complexity index is 1300. The van der Waals surface area contributed by atoms with E-state index in [0.717, 1.165) is 5.56 Å². The molecule has 1 aliphatic heterocycles. The van der Waals surface area contributed by atoms with E-state index >= 15 is 0 Å². The molecule has 0 aliphatic carbocycles. The number of nitrogens with one attached hydrogen (secondary N) is 2. The van der Waals surface area contributed by atoms with Gasteiger partial charge in [-0.05, 0) is 48.4 Å². The fraction of sp³-hybridized carbons (Fsp3) is 0.174. The Labute approximate surface area is 191 Å². The van der Waals surface area contributed by atoms with Gasteiger partial charge in [-0.1, -0.05) is 18.2 Å². The summed E-state index contributed by atoms with van der Waals surface area (Å²) in [5.74, 6) is -0.888. The van der Waals surface area contributed by atoms with Crippen LogP contribution in [0.2, 0.25) is 0 Å². The lowest BCUT2D eigenvalue weighted by molar-refractivity contribution is -0.115. The molecule has 0 unspecified atom stereocenters. The zero-order valence-electron chi connectivity index (χ0n) is 17.8. The molecule has 0 fully saturated rings. The number of nitrogens with zero attached hydrogens (tertiary/aromatic N) is 2. The van der Waals surface area contributed by atoms with Gasteiger partial charge in [0.2, 0.25) is 5.91 Å². The van der Waals surface area contributed by atoms with Crippen molar-refractivity contribution in [1.29, 1.82) is 0 Å². The quantitative estimate of drug-likeness (QED) is 0.551. The number of hydrogen-bond acceptors (Lipinski definition) is 6. The van der Waals surface area contributed by atoms with E-state index in [4.69, 9.17) is 4.74 Å². The molecule has 9 nitrogen and oxygen atoms in total. The van der Waals surface area contributed by atoms with Crippen LogP contribution >= 0.6 is 0 Å². The monoisotopic (exact) mass is 466 g/mol. The topological polar surface area (TPSA) is 118 Å². The first kappa shape index (κ1) is 22.3. The standard InChI is InChI=1S/C23H22N4O5S/c1-32-21-9-8-18(33(30,31)27-12-10-16-5-2-3-7-20(16)27)13-19(21)23(29)25-15-22(28)26-17-6-4-11-24-14-17/h2-9,11,13-14H,10,12,15H2,1H3,(H,25,29)(H,26,28). The highest BCUT2D eigenvalue weighted by molar-refractivity contribution is 7.92. The Balaban J connectivity index is 1.53. The van der Waals surface area contributed by atoms with Crippen LogP contribution < -0.4 is 19.7 Å². The van der Waals surface area contributed by atoms with Crippen molar-refractivity contribution >= 4 is 33.2 Å². The number of carbonyl (C=O) groups is 2. The van der Waals surface area contributed by atoms with E-state index in [-0.39, 0.29) is 22.8 Å². The van der Waals surface area contributed by atoms with Crippen LogP contribution in [0.15, 0.2) is 71.9 Å². The van der Waals surface area contributed by atoms with Crippen molar-refractivity contribution < 1.29 is 22.7 Å². The molecule has 0 bridgehead atoms. The molecule has 0 saturated heterocycles. The molecule has 2 N–H and O–H groups in total. The van der Waals surface area contributed by atoms with Crippen molar-refractivity contribution in [3.63, 3.8) is 0 Å². The zero-order valence-corrected chi connectivity index (χ0v) is 18.6. The van der Waals surface area contributed by atoms with Crippen molar-refractivity contribution in [3.05, 3.63) is 78.1 Å². The molecule has 0 radical (unpaired) electrons. The van der Waals surface area contributed by atoms with Gasteiger partial charge in [-0.15, -0.1) is 0 Å². The predicted octanol–water partition coefficient (Wildman–Crippen LogP) is 2.21. The molecule has 10 heteroatoms. The Kier molecular flexibility index (Phi) is 6.27. The van der Waals surface area contributed by atoms with Crippen LogP contribution in [0, 0.1) is 0 Å². The number of para-hydroxylation sites is 1. The Morgan fingerprint density at radius 1 is 1.12 bits per heavy atom. The van der Waals surface area contributed by atoms with Gasteiger partial charge in [-0.25, -0.2) is 8.42 Å². The minimum atomic E-state index is -3.89. The van der Waals surface area contributed by atoms with E-state index < -0.39 is 21.8 Å². The van der Waals surface area contributed by atoms with Crippen LogP contribution in [0.4, 0.5) is 11.4 Å². The first-order valence-corrected chi connectivity index (χ1v) is 11.6. The molecular formula is C23H22N4O5S. The van der Waals surface area contributed by atoms with Crippen molar-refractivity contribution in [2.45, 2.75) is 11.3 Å². The molecule has 0 atom stereocenters. The fourth-order valence-corrected chi connectivity index (χ4v) is 5.14. The van der Waals surface area contributed by atoms with Crippen LogP contribution in [-0.2, 0) is 21.2 Å². The third-order valence-electron chi connectivity index (χ3n) is 5.20. The molecule has 0 saturated carbocycles. The summed E-state index contributed by atoms with van der Waals surface area (Å²) in [7, 11) is -2.51. The van der Waals surface area contributed by atoms with Crippen molar-refractivity contribution in [2.24, 2.45) is 0 Å². The minimum Gasteiger partial charge on any atom is -0.496 e. The average molecular weight is 467 g/mol. The van der Waals surface area contributed by atoms with E-state index in [2.05, 4.69) is 15.6 Å². The first-order chi connectivity index (χ1) is 15.9. The van der Waals surface area contributed by atoms with Crippen molar-refractivity contribution in [2.75, 3.05) is 29.8 Å². The Hall–Kier alpha value is -3.92. The maximum Gasteiger partial charge on any atom is 0.264 e. The summed E-state index contributed by atoms with van der Waals surface area (Å²) in [4.78, 5) is 28.8. The van der Waals surface area contributed by atoms with E-state index in [1.165, 1.54) is 35.8 Å². The maximum atomic E-state index is 13.3. The van der Waals surface area contributed by atoms with Gasteiger partial charge in [0.25, 0.3) is 15.9 Å². The molecular weight excluding hydrogens is 444 g/mol. The van der Waals surface area contributed by atoms with Crippen LogP contribution in [-0.4, -0.2) is 45.4 Å². The van der Waals surface area contributed by atoms with Crippen LogP contribution in [0.1, 0.15) is 15.9 Å². The van der Waals surface area contributed by atoms with Gasteiger partial charge >= 0.3 is 0 Å². The molecule has 2 heterocycles. The number of anilines is 2. The number of carbonyl (C=O) groups excluding carboxylic acids is 2. The second-order valence-electron chi connectivity index (χ2n) is 7.29. The highest BCUT2D eigenvalue weighted by atomic mass is 32.2. The summed E-state index contributed by atoms with van der Waals surface area (Å²) >= 11 is 0. The summed E-state index contributed by atoms with van der Waals surface area (Å²) in [6.07, 6.45) is 3.67. The number of fused-ring (bicyclic) bond motifs is 1. The number of benzene rings is 2. The van der Waals surface area contributed by atoms with Crippen LogP contribution in [0.3, 0.4) is 0 Å². The number of pyridine rings is 1. The lowest BCUT2D eigenvalue weighted by atomic mass is 10.2. The summed E-state index contributed by atoms with van der Waals surface area (Å²) in [6.45, 7) is 0.0110. The van der Waals surface area contributed by atoms with E-state index in [9.17, 15) is 18.0 Å². The predicted molar refractivity (Wildman–Crippen MR) is 123 cm³/mol. The Morgan fingerprint density at radius 3 is 2.70 bits per heavy atom. The molecule has 2 amide bonds. The maximum absolute atomic E-state index is 13.3. The number of methoxy groups -OCH3 is 1. The number of aromatic nitrogens is 1. The van der Waals surface area contributed by atoms with Crippen molar-refractivity contribution in [1.82, 2.24) is 10.3 Å². The van der Waals surface area contributed by atoms with Crippen LogP contribution in [0.5, 0.6) is 5.75 Å². The normalized spacial score (nSPS) is 12.7. The minimum absolute atomic E-state index is 0.0141. The van der Waals surface area contributed by atoms with Gasteiger partial charge in [-0.2, -0.15) is 0 Å². The van der Waals surface area contributed by atoms with Gasteiger partial charge < -0.3 is 15.4 Å². The third-order valence-corrected chi connectivity index (χ3v) is 7.01. The Morgan fingerprint density at radius 2 is 1.94 bits per heavy atom. The number of hydrogen-bond donors (Lipinski definition) is 2. The largest absolute Gasteiger partial charge is 0.496 e. The molecule has 4 rings (SSSR count). The van der Waals surface area contributed by atoms with Gasteiger partial charge in [-0.3, -0.25) is 18.9 Å². The molecule has 170 valence electrons. The lowest BCUT2D eigenvalue weighted by Crippen LogP contribution is -2.33. The van der Waals surface area contributed by atoms with Gasteiger partial charge in [0.15, 0.2) is 0 Å². The fourth-order valence-electron chi connectivity index (χ4n) is 3.61. The van der Waals surface area contributed by atoms with Gasteiger partial charge in [0.05, 0.1) is 41.7 Å². The van der Waals surface area contributed by atoms with Gasteiger partial charge in [0, 0.05) is 12.7 Å². The highest BCUT2D eigenvalue weighted by Crippen LogP contribution is 2.33. The summed E-state index contributed by atoms with van der Waals surface area (Å²) in [5, 5.41) is 5.11. The summed E-state index contributed by atoms with van der Waals surface area (Å²) < 4.78 is 33.2. The molecule has 2 aromatic carbocycles. The number of sulfonamides is 1. The number of ether oxygens (including phenoxy) is 1. The summed E-state index contributed by atoms with van der Waals surface area (Å²) in [5.41, 5.74) is 2.09. The molecule has 33 heavy (non-hydrogen) atoms. The van der Waals surface area contributed by atoms with E-state index in [1.807, 2.05) is 12.1 Å². The van der Waals surface area contributed by atoms with Gasteiger partial charge in [0.1, 0.15) is 5.75 Å². The zero-order chi connectivity index (χ0) is 23.4. The summed E-state index contributed by atoms with van der Waals surface area (Å²) in [6, 6.07) is 14.8. The molecule has 0 spiro atoms. The second-order valence-corrected chi connectivity index (χ2v) is 9.15.